The van der Waals surface area contributed by atoms with Crippen LogP contribution in [0.25, 0.3) is 0 Å². The second-order valence-corrected chi connectivity index (χ2v) is 3.73. The predicted molar refractivity (Wildman–Crippen MR) is 67.2 cm³/mol. The van der Waals surface area contributed by atoms with Gasteiger partial charge in [0.15, 0.2) is 6.29 Å². The van der Waals surface area contributed by atoms with E-state index in [1.165, 1.54) is 0 Å². The third kappa shape index (κ3) is 2.48. The number of aromatic amines is 1. The van der Waals surface area contributed by atoms with E-state index in [0.29, 0.717) is 29.8 Å². The van der Waals surface area contributed by atoms with Crippen molar-refractivity contribution in [2.45, 2.75) is 6.92 Å². The molecule has 0 bridgehead atoms. The van der Waals surface area contributed by atoms with Crippen molar-refractivity contribution in [2.75, 3.05) is 6.61 Å². The minimum absolute atomic E-state index is 0.147. The minimum atomic E-state index is -0.147. The topological polar surface area (TPSA) is 59.2 Å². The summed E-state index contributed by atoms with van der Waals surface area (Å²) in [4.78, 5) is 25.3. The quantitative estimate of drug-likeness (QED) is 0.648. The highest BCUT2D eigenvalue weighted by Gasteiger charge is 2.11. The number of H-pyrrole nitrogens is 1. The lowest BCUT2D eigenvalue weighted by Gasteiger charge is -2.03. The molecule has 0 aliphatic carbocycles. The lowest BCUT2D eigenvalue weighted by atomic mass is 10.1. The van der Waals surface area contributed by atoms with E-state index in [0.717, 1.165) is 5.75 Å². The van der Waals surface area contributed by atoms with Gasteiger partial charge in [-0.05, 0) is 43.3 Å². The molecule has 1 aromatic heterocycles. The lowest BCUT2D eigenvalue weighted by Crippen LogP contribution is -2.02. The van der Waals surface area contributed by atoms with Crippen LogP contribution in [0.15, 0.2) is 36.4 Å². The zero-order valence-electron chi connectivity index (χ0n) is 9.97. The summed E-state index contributed by atoms with van der Waals surface area (Å²) in [6.07, 6.45) is 0.676. The van der Waals surface area contributed by atoms with Gasteiger partial charge in [0.1, 0.15) is 5.75 Å². The van der Waals surface area contributed by atoms with E-state index in [1.807, 2.05) is 6.92 Å². The maximum atomic E-state index is 12.1. The molecule has 4 heteroatoms. The molecular weight excluding hydrogens is 230 g/mol. The second kappa shape index (κ2) is 5.31. The van der Waals surface area contributed by atoms with Crippen LogP contribution in [0.5, 0.6) is 5.75 Å². The summed E-state index contributed by atoms with van der Waals surface area (Å²) in [7, 11) is 0. The molecule has 0 aliphatic heterocycles. The number of aldehydes is 1. The zero-order chi connectivity index (χ0) is 13.0. The van der Waals surface area contributed by atoms with Crippen LogP contribution in [0.2, 0.25) is 0 Å². The summed E-state index contributed by atoms with van der Waals surface area (Å²) >= 11 is 0. The Morgan fingerprint density at radius 3 is 2.50 bits per heavy atom. The molecule has 2 rings (SSSR count). The van der Waals surface area contributed by atoms with E-state index in [2.05, 4.69) is 4.98 Å². The molecule has 1 heterocycles. The Kier molecular flexibility index (Phi) is 3.57. The minimum Gasteiger partial charge on any atom is -0.494 e. The number of aromatic nitrogens is 1. The molecule has 4 nitrogen and oxygen atoms in total. The molecule has 1 aromatic carbocycles. The molecule has 92 valence electrons. The van der Waals surface area contributed by atoms with Gasteiger partial charge in [0.25, 0.3) is 0 Å². The third-order valence-corrected chi connectivity index (χ3v) is 2.51. The average molecular weight is 243 g/mol. The number of nitrogens with one attached hydrogen (secondary N) is 1. The molecule has 2 aromatic rings. The van der Waals surface area contributed by atoms with Crippen LogP contribution in [0, 0.1) is 0 Å². The highest BCUT2D eigenvalue weighted by atomic mass is 16.5. The van der Waals surface area contributed by atoms with E-state index >= 15 is 0 Å². The number of carbonyl (C=O) groups is 2. The van der Waals surface area contributed by atoms with Crippen LogP contribution in [0.3, 0.4) is 0 Å². The molecule has 18 heavy (non-hydrogen) atoms. The van der Waals surface area contributed by atoms with E-state index in [9.17, 15) is 9.59 Å². The van der Waals surface area contributed by atoms with Crippen molar-refractivity contribution in [3.63, 3.8) is 0 Å². The van der Waals surface area contributed by atoms with E-state index < -0.39 is 0 Å². The SMILES string of the molecule is CCOc1ccc(C(=O)c2ccc(C=O)[nH]2)cc1. The summed E-state index contributed by atoms with van der Waals surface area (Å²) in [5.74, 6) is 0.584. The number of ketones is 1. The van der Waals surface area contributed by atoms with Gasteiger partial charge < -0.3 is 9.72 Å². The molecule has 1 N–H and O–H groups in total. The van der Waals surface area contributed by atoms with Crippen LogP contribution < -0.4 is 4.74 Å². The Hall–Kier alpha value is -2.36. The van der Waals surface area contributed by atoms with Crippen LogP contribution in [-0.4, -0.2) is 23.7 Å². The molecule has 0 radical (unpaired) electrons. The smallest absolute Gasteiger partial charge is 0.209 e. The summed E-state index contributed by atoms with van der Waals surface area (Å²) in [5, 5.41) is 0. The Labute approximate surface area is 105 Å². The average Bonchev–Trinajstić information content (AvgIpc) is 2.88. The van der Waals surface area contributed by atoms with Crippen LogP contribution in [0.4, 0.5) is 0 Å². The maximum Gasteiger partial charge on any atom is 0.209 e. The maximum absolute atomic E-state index is 12.1. The van der Waals surface area contributed by atoms with Crippen LogP contribution >= 0.6 is 0 Å². The summed E-state index contributed by atoms with van der Waals surface area (Å²) < 4.78 is 5.30. The largest absolute Gasteiger partial charge is 0.494 e. The van der Waals surface area contributed by atoms with Gasteiger partial charge in [0.05, 0.1) is 18.0 Å². The van der Waals surface area contributed by atoms with Gasteiger partial charge in [-0.1, -0.05) is 0 Å². The van der Waals surface area contributed by atoms with Crippen molar-refractivity contribution in [1.82, 2.24) is 4.98 Å². The second-order valence-electron chi connectivity index (χ2n) is 3.73. The normalized spacial score (nSPS) is 10.1. The molecule has 0 saturated carbocycles. The van der Waals surface area contributed by atoms with Crippen molar-refractivity contribution >= 4 is 12.1 Å². The molecule has 0 aliphatic rings. The molecule has 0 saturated heterocycles. The van der Waals surface area contributed by atoms with Crippen molar-refractivity contribution in [1.29, 1.82) is 0 Å². The summed E-state index contributed by atoms with van der Waals surface area (Å²) in [5.41, 5.74) is 1.35. The third-order valence-electron chi connectivity index (χ3n) is 2.51. The van der Waals surface area contributed by atoms with Gasteiger partial charge in [-0.2, -0.15) is 0 Å². The fourth-order valence-electron chi connectivity index (χ4n) is 1.64. The van der Waals surface area contributed by atoms with Crippen molar-refractivity contribution in [3.05, 3.63) is 53.3 Å². The molecule has 0 unspecified atom stereocenters. The molecule has 0 fully saturated rings. The molecule has 0 amide bonds. The van der Waals surface area contributed by atoms with Gasteiger partial charge >= 0.3 is 0 Å². The fourth-order valence-corrected chi connectivity index (χ4v) is 1.64. The van der Waals surface area contributed by atoms with Gasteiger partial charge in [-0.15, -0.1) is 0 Å². The molecule has 0 spiro atoms. The number of hydrogen-bond donors (Lipinski definition) is 1. The number of hydrogen-bond acceptors (Lipinski definition) is 3. The number of ether oxygens (including phenoxy) is 1. The highest BCUT2D eigenvalue weighted by molar-refractivity contribution is 6.08. The number of benzene rings is 1. The van der Waals surface area contributed by atoms with Crippen molar-refractivity contribution in [2.24, 2.45) is 0 Å². The first-order valence-corrected chi connectivity index (χ1v) is 5.66. The first-order valence-electron chi connectivity index (χ1n) is 5.66. The fraction of sp³-hybridized carbons (Fsp3) is 0.143. The lowest BCUT2D eigenvalue weighted by molar-refractivity contribution is 0.103. The molecular formula is C14H13NO3. The highest BCUT2D eigenvalue weighted by Crippen LogP contribution is 2.15. The Balaban J connectivity index is 2.20. The van der Waals surface area contributed by atoms with Crippen LogP contribution in [0.1, 0.15) is 33.5 Å². The van der Waals surface area contributed by atoms with Crippen LogP contribution in [-0.2, 0) is 0 Å². The Bertz CT molecular complexity index is 555. The summed E-state index contributed by atoms with van der Waals surface area (Å²) in [6.45, 7) is 2.49. The Morgan fingerprint density at radius 2 is 1.94 bits per heavy atom. The molecule has 0 atom stereocenters. The standard InChI is InChI=1S/C14H13NO3/c1-2-18-12-6-3-10(4-7-12)14(17)13-8-5-11(9-16)15-13/h3-9,15H,2H2,1H3. The number of carbonyl (C=O) groups excluding carboxylic acids is 2. The first-order chi connectivity index (χ1) is 8.74. The number of rotatable bonds is 5. The van der Waals surface area contributed by atoms with E-state index in [1.54, 1.807) is 36.4 Å². The first kappa shape index (κ1) is 12.1. The van der Waals surface area contributed by atoms with E-state index in [-0.39, 0.29) is 5.78 Å². The van der Waals surface area contributed by atoms with Gasteiger partial charge in [0.2, 0.25) is 5.78 Å². The van der Waals surface area contributed by atoms with Gasteiger partial charge in [-0.3, -0.25) is 9.59 Å². The summed E-state index contributed by atoms with van der Waals surface area (Å²) in [6, 6.07) is 10.1. The van der Waals surface area contributed by atoms with E-state index in [4.69, 9.17) is 4.74 Å². The van der Waals surface area contributed by atoms with Gasteiger partial charge in [0, 0.05) is 5.56 Å². The predicted octanol–water partition coefficient (Wildman–Crippen LogP) is 2.46. The Morgan fingerprint density at radius 1 is 1.22 bits per heavy atom. The van der Waals surface area contributed by atoms with Gasteiger partial charge in [-0.25, -0.2) is 0 Å². The monoisotopic (exact) mass is 243 g/mol. The van der Waals surface area contributed by atoms with Crippen molar-refractivity contribution < 1.29 is 14.3 Å². The van der Waals surface area contributed by atoms with Crippen molar-refractivity contribution in [3.8, 4) is 5.75 Å². The zero-order valence-corrected chi connectivity index (χ0v) is 9.97.